The van der Waals surface area contributed by atoms with E-state index in [1.54, 1.807) is 6.08 Å². The van der Waals surface area contributed by atoms with Gasteiger partial charge in [0.15, 0.2) is 5.78 Å². The minimum Gasteiger partial charge on any atom is -0.457 e. The maximum Gasteiger partial charge on any atom is 0.309 e. The normalized spacial score (nSPS) is 42.7. The van der Waals surface area contributed by atoms with Crippen molar-refractivity contribution in [3.63, 3.8) is 0 Å². The first-order chi connectivity index (χ1) is 8.44. The number of ether oxygens (including phenoxy) is 1. The van der Waals surface area contributed by atoms with Crippen molar-refractivity contribution in [2.24, 2.45) is 17.3 Å². The van der Waals surface area contributed by atoms with Crippen molar-refractivity contribution in [2.45, 2.75) is 39.7 Å². The zero-order valence-corrected chi connectivity index (χ0v) is 11.0. The summed E-state index contributed by atoms with van der Waals surface area (Å²) in [6.07, 6.45) is 5.46. The number of hydrogen-bond acceptors (Lipinski definition) is 3. The number of ketones is 1. The lowest BCUT2D eigenvalue weighted by Gasteiger charge is -2.42. The number of rotatable bonds is 0. The van der Waals surface area contributed by atoms with Crippen molar-refractivity contribution in [2.75, 3.05) is 0 Å². The number of carbonyl (C=O) groups excluding carboxylic acids is 2. The van der Waals surface area contributed by atoms with Crippen LogP contribution in [0.25, 0.3) is 0 Å². The Hall–Kier alpha value is -1.38. The molecule has 3 nitrogen and oxygen atoms in total. The molecule has 0 radical (unpaired) electrons. The van der Waals surface area contributed by atoms with Gasteiger partial charge in [0.05, 0.1) is 5.92 Å². The second kappa shape index (κ2) is 3.56. The molecule has 2 fully saturated rings. The number of fused-ring (bicyclic) bond motifs is 3. The highest BCUT2D eigenvalue weighted by molar-refractivity contribution is 6.05. The summed E-state index contributed by atoms with van der Waals surface area (Å²) in [6.45, 7) is 5.94. The molecule has 3 heteroatoms. The summed E-state index contributed by atoms with van der Waals surface area (Å²) in [5.74, 6) is 0.144. The maximum atomic E-state index is 11.9. The molecule has 0 amide bonds. The molecule has 3 rings (SSSR count). The smallest absolute Gasteiger partial charge is 0.309 e. The van der Waals surface area contributed by atoms with Gasteiger partial charge in [-0.25, -0.2) is 0 Å². The number of esters is 1. The highest BCUT2D eigenvalue weighted by Crippen LogP contribution is 2.52. The molecule has 96 valence electrons. The third-order valence-corrected chi connectivity index (χ3v) is 4.92. The highest BCUT2D eigenvalue weighted by Gasteiger charge is 2.52. The molecule has 0 N–H and O–H groups in total. The van der Waals surface area contributed by atoms with Crippen molar-refractivity contribution >= 4 is 11.8 Å². The summed E-state index contributed by atoms with van der Waals surface area (Å²) < 4.78 is 5.55. The Labute approximate surface area is 107 Å². The van der Waals surface area contributed by atoms with Gasteiger partial charge in [-0.3, -0.25) is 9.59 Å². The van der Waals surface area contributed by atoms with Crippen molar-refractivity contribution < 1.29 is 14.3 Å². The SMILES string of the molecule is CC1=C2[C@@H]3OC(=O)[C@H](C)C3CC[C@]2(C)C=CC1=O. The quantitative estimate of drug-likeness (QED) is 0.616. The molecule has 1 unspecified atom stereocenters. The van der Waals surface area contributed by atoms with E-state index in [-0.39, 0.29) is 35.1 Å². The van der Waals surface area contributed by atoms with E-state index in [2.05, 4.69) is 6.92 Å². The fourth-order valence-corrected chi connectivity index (χ4v) is 3.69. The predicted octanol–water partition coefficient (Wildman–Crippen LogP) is 2.42. The zero-order valence-electron chi connectivity index (χ0n) is 11.0. The molecule has 0 aromatic heterocycles. The van der Waals surface area contributed by atoms with E-state index in [4.69, 9.17) is 4.74 Å². The summed E-state index contributed by atoms with van der Waals surface area (Å²) in [7, 11) is 0. The minimum atomic E-state index is -0.180. The van der Waals surface area contributed by atoms with Crippen LogP contribution in [-0.4, -0.2) is 17.9 Å². The first-order valence-electron chi connectivity index (χ1n) is 6.59. The molecule has 0 spiro atoms. The van der Waals surface area contributed by atoms with Crippen LogP contribution >= 0.6 is 0 Å². The Bertz CT molecular complexity index is 500. The zero-order chi connectivity index (χ0) is 13.1. The molecule has 0 aromatic carbocycles. The minimum absolute atomic E-state index is 0.0409. The van der Waals surface area contributed by atoms with Gasteiger partial charge in [-0.1, -0.05) is 19.9 Å². The van der Waals surface area contributed by atoms with E-state index in [0.717, 1.165) is 24.0 Å². The van der Waals surface area contributed by atoms with Gasteiger partial charge in [0, 0.05) is 16.9 Å². The molecule has 18 heavy (non-hydrogen) atoms. The van der Waals surface area contributed by atoms with E-state index in [1.165, 1.54) is 0 Å². The van der Waals surface area contributed by atoms with Crippen LogP contribution < -0.4 is 0 Å². The van der Waals surface area contributed by atoms with E-state index in [1.807, 2.05) is 19.9 Å². The second-order valence-corrected chi connectivity index (χ2v) is 6.00. The van der Waals surface area contributed by atoms with Crippen molar-refractivity contribution in [1.82, 2.24) is 0 Å². The fourth-order valence-electron chi connectivity index (χ4n) is 3.69. The number of hydrogen-bond donors (Lipinski definition) is 0. The van der Waals surface area contributed by atoms with Crippen molar-refractivity contribution in [3.8, 4) is 0 Å². The molecule has 4 atom stereocenters. The van der Waals surface area contributed by atoms with Crippen LogP contribution in [0.15, 0.2) is 23.3 Å². The van der Waals surface area contributed by atoms with Gasteiger partial charge >= 0.3 is 5.97 Å². The van der Waals surface area contributed by atoms with Crippen LogP contribution in [0.3, 0.4) is 0 Å². The largest absolute Gasteiger partial charge is 0.457 e. The van der Waals surface area contributed by atoms with Crippen molar-refractivity contribution in [3.05, 3.63) is 23.3 Å². The molecule has 1 heterocycles. The van der Waals surface area contributed by atoms with E-state index < -0.39 is 0 Å². The van der Waals surface area contributed by atoms with Crippen LogP contribution in [0, 0.1) is 17.3 Å². The summed E-state index contributed by atoms with van der Waals surface area (Å²) in [6, 6.07) is 0. The molecular formula is C15H18O3. The van der Waals surface area contributed by atoms with Gasteiger partial charge in [-0.2, -0.15) is 0 Å². The lowest BCUT2D eigenvalue weighted by atomic mass is 9.62. The molecule has 0 bridgehead atoms. The van der Waals surface area contributed by atoms with Gasteiger partial charge in [0.1, 0.15) is 6.10 Å². The monoisotopic (exact) mass is 246 g/mol. The fraction of sp³-hybridized carbons (Fsp3) is 0.600. The average Bonchev–Trinajstić information content (AvgIpc) is 2.60. The summed E-state index contributed by atoms with van der Waals surface area (Å²) in [5, 5.41) is 0. The molecule has 1 aliphatic heterocycles. The highest BCUT2D eigenvalue weighted by atomic mass is 16.6. The Morgan fingerprint density at radius 1 is 1.39 bits per heavy atom. The summed E-state index contributed by atoms with van der Waals surface area (Å²) in [4.78, 5) is 23.6. The van der Waals surface area contributed by atoms with Gasteiger partial charge in [-0.15, -0.1) is 0 Å². The van der Waals surface area contributed by atoms with Gasteiger partial charge < -0.3 is 4.74 Å². The topological polar surface area (TPSA) is 43.4 Å². The summed E-state index contributed by atoms with van der Waals surface area (Å²) >= 11 is 0. The standard InChI is InChI=1S/C15H18O3/c1-8-10-4-6-15(3)7-5-11(16)9(2)12(15)13(10)18-14(8)17/h5,7-8,10,13H,4,6H2,1-3H3/t8-,10?,13-,15-/m1/s1. The van der Waals surface area contributed by atoms with Gasteiger partial charge in [0.25, 0.3) is 0 Å². The number of carbonyl (C=O) groups is 2. The lowest BCUT2D eigenvalue weighted by molar-refractivity contribution is -0.143. The first kappa shape index (κ1) is 11.7. The third-order valence-electron chi connectivity index (χ3n) is 4.92. The molecular weight excluding hydrogens is 228 g/mol. The Kier molecular flexibility index (Phi) is 2.31. The van der Waals surface area contributed by atoms with Crippen LogP contribution in [0.1, 0.15) is 33.6 Å². The number of allylic oxidation sites excluding steroid dienone is 3. The third kappa shape index (κ3) is 1.36. The lowest BCUT2D eigenvalue weighted by Crippen LogP contribution is -2.39. The molecule has 1 saturated heterocycles. The molecule has 3 aliphatic rings. The van der Waals surface area contributed by atoms with Crippen LogP contribution in [-0.2, 0) is 14.3 Å². The molecule has 1 saturated carbocycles. The Morgan fingerprint density at radius 3 is 2.83 bits per heavy atom. The average molecular weight is 246 g/mol. The first-order valence-corrected chi connectivity index (χ1v) is 6.59. The summed E-state index contributed by atoms with van der Waals surface area (Å²) in [5.41, 5.74) is 1.71. The van der Waals surface area contributed by atoms with E-state index >= 15 is 0 Å². The Morgan fingerprint density at radius 2 is 2.11 bits per heavy atom. The van der Waals surface area contributed by atoms with Gasteiger partial charge in [-0.05, 0) is 31.4 Å². The molecule has 2 aliphatic carbocycles. The van der Waals surface area contributed by atoms with E-state index in [0.29, 0.717) is 0 Å². The van der Waals surface area contributed by atoms with E-state index in [9.17, 15) is 9.59 Å². The molecule has 0 aromatic rings. The maximum absolute atomic E-state index is 11.9. The Balaban J connectivity index is 2.10. The van der Waals surface area contributed by atoms with Crippen LogP contribution in [0.4, 0.5) is 0 Å². The van der Waals surface area contributed by atoms with Crippen molar-refractivity contribution in [1.29, 1.82) is 0 Å². The second-order valence-electron chi connectivity index (χ2n) is 6.00. The van der Waals surface area contributed by atoms with Crippen LogP contribution in [0.5, 0.6) is 0 Å². The van der Waals surface area contributed by atoms with Gasteiger partial charge in [0.2, 0.25) is 0 Å². The predicted molar refractivity (Wildman–Crippen MR) is 66.7 cm³/mol. The van der Waals surface area contributed by atoms with Crippen LogP contribution in [0.2, 0.25) is 0 Å².